The van der Waals surface area contributed by atoms with E-state index in [1.807, 2.05) is 55.5 Å². The van der Waals surface area contributed by atoms with E-state index >= 15 is 0 Å². The number of benzene rings is 6. The van der Waals surface area contributed by atoms with E-state index in [1.165, 1.54) is 53.7 Å². The maximum Gasteiger partial charge on any atom is 0.293 e. The Balaban J connectivity index is 0.000000189. The Morgan fingerprint density at radius 1 is 0.333 bits per heavy atom. The van der Waals surface area contributed by atoms with Crippen LogP contribution in [-0.4, -0.2) is 175 Å². The number of carbonyl (C=O) groups excluding carboxylic acids is 18. The van der Waals surface area contributed by atoms with Gasteiger partial charge in [0, 0.05) is 20.2 Å². The first-order chi connectivity index (χ1) is 53.8. The van der Waals surface area contributed by atoms with Gasteiger partial charge in [-0.05, 0) is 250 Å². The molecule has 12 rings (SSSR count). The van der Waals surface area contributed by atoms with Crippen molar-refractivity contribution < 1.29 is 91.4 Å². The molecule has 6 aliphatic rings. The van der Waals surface area contributed by atoms with Crippen LogP contribution in [0.4, 0.5) is 34.5 Å². The average Bonchev–Trinajstić information content (AvgIpc) is 1.72. The molecule has 0 spiro atoms. The number of amides is 12. The summed E-state index contributed by atoms with van der Waals surface area (Å²) in [5.41, 5.74) is 12.0. The van der Waals surface area contributed by atoms with Crippen LogP contribution in [-0.2, 0) is 57.5 Å². The lowest BCUT2D eigenvalue weighted by Gasteiger charge is -2.08. The first-order valence-electron chi connectivity index (χ1n) is 33.3. The largest absolute Gasteiger partial charge is 0.508 e. The molecule has 0 bridgehead atoms. The van der Waals surface area contributed by atoms with Crippen LogP contribution in [0, 0.1) is 6.92 Å². The van der Waals surface area contributed by atoms with Crippen LogP contribution >= 0.6 is 110 Å². The minimum absolute atomic E-state index is 0.127. The van der Waals surface area contributed by atoms with Crippen molar-refractivity contribution in [3.05, 3.63) is 228 Å². The standard InChI is InChI=1S/C14H13NO3S.C13H10BrNO3S.2C13H10ClNO3S.C13H12N2O3S.C13H11NO4S/c1-9-3-5-11(6-4-9)7-12-13(17)15(8-10(2)16)14(18)19-12;2*1-8(16)7-15-12(17)11(19-13(15)18)6-9-2-4-10(14)5-3-9;1-8(16)7-15-12(17)11(19-13(15)18)6-9-3-2-4-10(14)5-9;1-8(16)7-15-12(17)11(19-13(15)18)6-9-2-4-10(14)5-3-9;1-8(15)7-14-12(17)11(19-13(14)18)6-9-2-4-10(16)5-3-9/h3-7H,8H2,1-2H3;3*2-6H,7H2,1H3;2-6H,7,14H2,1H3;2-6,16H,7H2,1H3/b12-7-;5*11-6-. The smallest absolute Gasteiger partial charge is 0.293 e. The van der Waals surface area contributed by atoms with Crippen LogP contribution in [0.5, 0.6) is 5.75 Å². The molecule has 0 aliphatic carbocycles. The zero-order chi connectivity index (χ0) is 83.9. The van der Waals surface area contributed by atoms with Crippen molar-refractivity contribution in [3.63, 3.8) is 0 Å². The summed E-state index contributed by atoms with van der Waals surface area (Å²) in [5.74, 6) is -3.79. The number of ketones is 6. The molecule has 0 saturated carbocycles. The molecule has 6 saturated heterocycles. The van der Waals surface area contributed by atoms with Crippen LogP contribution in [0.1, 0.15) is 80.5 Å². The lowest BCUT2D eigenvalue weighted by atomic mass is 10.1. The third-order valence-electron chi connectivity index (χ3n) is 14.8. The highest BCUT2D eigenvalue weighted by atomic mass is 79.9. The predicted octanol–water partition coefficient (Wildman–Crippen LogP) is 15.5. The zero-order valence-electron chi connectivity index (χ0n) is 61.2. The van der Waals surface area contributed by atoms with E-state index in [0.29, 0.717) is 45.8 Å². The van der Waals surface area contributed by atoms with Gasteiger partial charge in [-0.25, -0.2) is 0 Å². The molecule has 6 fully saturated rings. The first-order valence-corrected chi connectivity index (χ1v) is 39.7. The van der Waals surface area contributed by atoms with Gasteiger partial charge in [0.1, 0.15) is 40.4 Å². The quantitative estimate of drug-likeness (QED) is 0.0596. The molecule has 588 valence electrons. The molecule has 0 aromatic heterocycles. The summed E-state index contributed by atoms with van der Waals surface area (Å²) in [6.45, 7) is 8.97. The van der Waals surface area contributed by atoms with Crippen molar-refractivity contribution in [1.82, 2.24) is 29.4 Å². The summed E-state index contributed by atoms with van der Waals surface area (Å²) in [7, 11) is 0. The number of hydrogen-bond acceptors (Lipinski definition) is 26. The fraction of sp³-hybridized carbons (Fsp3) is 0.165. The van der Waals surface area contributed by atoms with Crippen molar-refractivity contribution in [2.75, 3.05) is 45.0 Å². The van der Waals surface area contributed by atoms with Gasteiger partial charge in [-0.2, -0.15) is 0 Å². The van der Waals surface area contributed by atoms with Crippen molar-refractivity contribution in [2.24, 2.45) is 0 Å². The zero-order valence-corrected chi connectivity index (χ0v) is 69.2. The Morgan fingerprint density at radius 2 is 0.561 bits per heavy atom. The van der Waals surface area contributed by atoms with E-state index in [0.717, 1.165) is 138 Å². The Kier molecular flexibility index (Phi) is 33.8. The minimum atomic E-state index is -0.460. The molecule has 12 amide bonds. The van der Waals surface area contributed by atoms with Gasteiger partial charge in [0.25, 0.3) is 66.9 Å². The summed E-state index contributed by atoms with van der Waals surface area (Å²) >= 11 is 20.0. The number of rotatable bonds is 18. The summed E-state index contributed by atoms with van der Waals surface area (Å²) < 4.78 is 0.939. The number of aromatic hydroxyl groups is 1. The van der Waals surface area contributed by atoms with Crippen LogP contribution in [0.15, 0.2) is 179 Å². The van der Waals surface area contributed by atoms with E-state index in [9.17, 15) is 86.3 Å². The van der Waals surface area contributed by atoms with E-state index in [-0.39, 0.29) is 84.6 Å². The van der Waals surface area contributed by atoms with Crippen molar-refractivity contribution in [1.29, 1.82) is 0 Å². The molecule has 0 atom stereocenters. The number of nitrogens with zero attached hydrogens (tertiary/aromatic N) is 6. The average molecular weight is 1760 g/mol. The van der Waals surface area contributed by atoms with E-state index in [4.69, 9.17) is 34.0 Å². The van der Waals surface area contributed by atoms with Crippen molar-refractivity contribution in [2.45, 2.75) is 48.5 Å². The highest BCUT2D eigenvalue weighted by Gasteiger charge is 2.40. The number of thioether (sulfide) groups is 6. The molecule has 0 unspecified atom stereocenters. The van der Waals surface area contributed by atoms with E-state index < -0.39 is 66.9 Å². The Labute approximate surface area is 696 Å². The van der Waals surface area contributed by atoms with Crippen LogP contribution < -0.4 is 5.73 Å². The van der Waals surface area contributed by atoms with Crippen LogP contribution in [0.2, 0.25) is 10.0 Å². The maximum absolute atomic E-state index is 12.0. The second kappa shape index (κ2) is 42.5. The summed E-state index contributed by atoms with van der Waals surface area (Å²) in [6.07, 6.45) is 9.70. The molecular formula is C79H66BrCl2N7O19S6. The number of aryl methyl sites for hydroxylation is 1. The Hall–Kier alpha value is -10.6. The first kappa shape index (κ1) is 90.6. The number of Topliss-reactive ketones (excluding diaryl/α,β-unsaturated/α-hetero) is 6. The van der Waals surface area contributed by atoms with E-state index in [1.54, 1.807) is 121 Å². The van der Waals surface area contributed by atoms with Gasteiger partial charge >= 0.3 is 0 Å². The molecular weight excluding hydrogens is 1690 g/mol. The predicted molar refractivity (Wildman–Crippen MR) is 447 cm³/mol. The fourth-order valence-electron chi connectivity index (χ4n) is 9.60. The molecule has 35 heteroatoms. The number of imide groups is 6. The number of nitrogens with two attached hydrogens (primary N) is 1. The second-order valence-corrected chi connectivity index (χ2v) is 32.4. The molecule has 6 heterocycles. The molecule has 3 N–H and O–H groups in total. The van der Waals surface area contributed by atoms with Crippen molar-refractivity contribution >= 4 is 253 Å². The van der Waals surface area contributed by atoms with Gasteiger partial charge in [0.15, 0.2) is 0 Å². The van der Waals surface area contributed by atoms with Gasteiger partial charge in [-0.1, -0.05) is 130 Å². The minimum Gasteiger partial charge on any atom is -0.508 e. The molecule has 6 aromatic rings. The number of anilines is 1. The molecule has 26 nitrogen and oxygen atoms in total. The van der Waals surface area contributed by atoms with Gasteiger partial charge in [0.05, 0.1) is 68.7 Å². The molecule has 0 radical (unpaired) electrons. The molecule has 6 aromatic carbocycles. The fourth-order valence-corrected chi connectivity index (χ4v) is 15.2. The van der Waals surface area contributed by atoms with Crippen LogP contribution in [0.25, 0.3) is 36.5 Å². The number of phenols is 1. The number of phenolic OH excluding ortho intramolecular Hbond substituents is 1. The monoisotopic (exact) mass is 1760 g/mol. The maximum atomic E-state index is 12.0. The number of halogens is 3. The number of carbonyl (C=O) groups is 18. The molecule has 6 aliphatic heterocycles. The number of nitrogen functional groups attached to an aromatic ring is 1. The summed E-state index contributed by atoms with van der Waals surface area (Å²) in [4.78, 5) is 215. The SMILES string of the molecule is CC(=O)CN1C(=O)S/C(=C\c2ccc(Br)cc2)C1=O.CC(=O)CN1C(=O)S/C(=C\c2ccc(C)cc2)C1=O.CC(=O)CN1C(=O)S/C(=C\c2ccc(Cl)cc2)C1=O.CC(=O)CN1C(=O)S/C(=C\c2ccc(N)cc2)C1=O.CC(=O)CN1C(=O)S/C(=C\c2ccc(O)cc2)C1=O.CC(=O)CN1C(=O)S/C(=C\c2cccc(Cl)c2)C1=O. The molecule has 114 heavy (non-hydrogen) atoms. The summed E-state index contributed by atoms with van der Waals surface area (Å²) in [6, 6.07) is 42.1. The highest BCUT2D eigenvalue weighted by Crippen LogP contribution is 2.38. The Bertz CT molecular complexity index is 4520. The van der Waals surface area contributed by atoms with E-state index in [2.05, 4.69) is 15.9 Å². The third kappa shape index (κ3) is 27.3. The van der Waals surface area contributed by atoms with Gasteiger partial charge in [-0.3, -0.25) is 116 Å². The normalized spacial score (nSPS) is 17.4. The third-order valence-corrected chi connectivity index (χ3v) is 21.3. The van der Waals surface area contributed by atoms with Crippen molar-refractivity contribution in [3.8, 4) is 5.75 Å². The van der Waals surface area contributed by atoms with Gasteiger partial charge in [-0.15, -0.1) is 0 Å². The lowest BCUT2D eigenvalue weighted by molar-refractivity contribution is -0.127. The number of hydrogen-bond donors (Lipinski definition) is 2. The second-order valence-electron chi connectivity index (χ2n) is 24.6. The van der Waals surface area contributed by atoms with Gasteiger partial charge < -0.3 is 10.8 Å². The summed E-state index contributed by atoms with van der Waals surface area (Å²) in [5, 5.41) is 7.83. The lowest BCUT2D eigenvalue weighted by Crippen LogP contribution is -2.32. The topological polar surface area (TPSA) is 373 Å². The Morgan fingerprint density at radius 3 is 0.816 bits per heavy atom. The highest BCUT2D eigenvalue weighted by molar-refractivity contribution is 9.10. The van der Waals surface area contributed by atoms with Gasteiger partial charge in [0.2, 0.25) is 0 Å². The van der Waals surface area contributed by atoms with Crippen LogP contribution in [0.3, 0.4) is 0 Å².